The van der Waals surface area contributed by atoms with Gasteiger partial charge in [0.25, 0.3) is 5.91 Å². The van der Waals surface area contributed by atoms with Gasteiger partial charge in [-0.25, -0.2) is 4.79 Å². The summed E-state index contributed by atoms with van der Waals surface area (Å²) < 4.78 is 15.3. The first kappa shape index (κ1) is 16.6. The lowest BCUT2D eigenvalue weighted by Crippen LogP contribution is -2.19. The van der Waals surface area contributed by atoms with Gasteiger partial charge >= 0.3 is 5.97 Å². The number of ether oxygens (including phenoxy) is 3. The maximum absolute atomic E-state index is 12.4. The van der Waals surface area contributed by atoms with E-state index >= 15 is 0 Å². The van der Waals surface area contributed by atoms with Crippen molar-refractivity contribution in [1.82, 2.24) is 4.90 Å². The molecule has 0 aliphatic carbocycles. The van der Waals surface area contributed by atoms with Crippen LogP contribution in [-0.4, -0.2) is 45.2 Å². The summed E-state index contributed by atoms with van der Waals surface area (Å²) in [5, 5.41) is 0. The number of hydrogen-bond donors (Lipinski definition) is 0. The Morgan fingerprint density at radius 1 is 1.17 bits per heavy atom. The number of amides is 1. The molecule has 122 valence electrons. The molecule has 1 aliphatic rings. The van der Waals surface area contributed by atoms with Crippen LogP contribution in [0.3, 0.4) is 0 Å². The first-order valence-electron chi connectivity index (χ1n) is 6.96. The number of methoxy groups -OCH3 is 3. The average Bonchev–Trinajstić information content (AvgIpc) is 2.78. The lowest BCUT2D eigenvalue weighted by Gasteiger charge is -2.10. The number of hydrogen-bond acceptors (Lipinski definition) is 5. The minimum absolute atomic E-state index is 0.262. The standard InChI is InChI=1S/C17H19NO5/c1-10-15(17(20)23-5)13(16(19)18(10)2)8-11-6-7-12(21-3)9-14(11)22-4/h6-9H,1-5H3. The number of carbonyl (C=O) groups is 2. The maximum atomic E-state index is 12.4. The monoisotopic (exact) mass is 317 g/mol. The lowest BCUT2D eigenvalue weighted by atomic mass is 10.0. The molecule has 1 heterocycles. The molecule has 0 fully saturated rings. The van der Waals surface area contributed by atoms with Gasteiger partial charge in [0.2, 0.25) is 0 Å². The van der Waals surface area contributed by atoms with Gasteiger partial charge in [-0.3, -0.25) is 4.79 Å². The molecule has 0 spiro atoms. The van der Waals surface area contributed by atoms with E-state index in [1.807, 2.05) is 0 Å². The van der Waals surface area contributed by atoms with Crippen LogP contribution in [0.4, 0.5) is 0 Å². The van der Waals surface area contributed by atoms with E-state index in [9.17, 15) is 9.59 Å². The van der Waals surface area contributed by atoms with Crippen molar-refractivity contribution in [3.05, 3.63) is 40.6 Å². The predicted molar refractivity (Wildman–Crippen MR) is 85.0 cm³/mol. The van der Waals surface area contributed by atoms with E-state index in [1.54, 1.807) is 45.4 Å². The molecule has 0 N–H and O–H groups in total. The van der Waals surface area contributed by atoms with Crippen LogP contribution in [0.25, 0.3) is 6.08 Å². The summed E-state index contributed by atoms with van der Waals surface area (Å²) >= 11 is 0. The topological polar surface area (TPSA) is 65.1 Å². The predicted octanol–water partition coefficient (Wildman–Crippen LogP) is 2.01. The molecule has 6 nitrogen and oxygen atoms in total. The Hall–Kier alpha value is -2.76. The SMILES string of the molecule is COC(=O)C1=C(C)N(C)C(=O)C1=Cc1ccc(OC)cc1OC. The number of esters is 1. The Morgan fingerprint density at radius 3 is 2.43 bits per heavy atom. The van der Waals surface area contributed by atoms with Gasteiger partial charge in [0.05, 0.1) is 32.5 Å². The molecule has 1 amide bonds. The molecular weight excluding hydrogens is 298 g/mol. The van der Waals surface area contributed by atoms with Crippen LogP contribution in [0.2, 0.25) is 0 Å². The van der Waals surface area contributed by atoms with Crippen molar-refractivity contribution in [2.45, 2.75) is 6.92 Å². The highest BCUT2D eigenvalue weighted by Crippen LogP contribution is 2.33. The molecule has 1 aromatic rings. The molecule has 2 rings (SSSR count). The van der Waals surface area contributed by atoms with Crippen LogP contribution < -0.4 is 9.47 Å². The van der Waals surface area contributed by atoms with Gasteiger partial charge in [-0.2, -0.15) is 0 Å². The van der Waals surface area contributed by atoms with Crippen LogP contribution in [0.15, 0.2) is 35.0 Å². The van der Waals surface area contributed by atoms with E-state index in [-0.39, 0.29) is 17.1 Å². The molecule has 1 aliphatic heterocycles. The first-order chi connectivity index (χ1) is 10.9. The van der Waals surface area contributed by atoms with E-state index in [0.29, 0.717) is 22.8 Å². The molecule has 0 radical (unpaired) electrons. The third-order valence-corrected chi connectivity index (χ3v) is 3.80. The summed E-state index contributed by atoms with van der Waals surface area (Å²) in [5.41, 5.74) is 1.76. The molecule has 0 bridgehead atoms. The normalized spacial score (nSPS) is 16.1. The van der Waals surface area contributed by atoms with Crippen LogP contribution in [0, 0.1) is 0 Å². The van der Waals surface area contributed by atoms with Gasteiger partial charge in [0.1, 0.15) is 11.5 Å². The molecule has 0 saturated heterocycles. The zero-order chi connectivity index (χ0) is 17.1. The number of nitrogens with zero attached hydrogens (tertiary/aromatic N) is 1. The molecular formula is C17H19NO5. The van der Waals surface area contributed by atoms with Crippen molar-refractivity contribution in [1.29, 1.82) is 0 Å². The van der Waals surface area contributed by atoms with Crippen molar-refractivity contribution in [3.8, 4) is 11.5 Å². The number of benzene rings is 1. The van der Waals surface area contributed by atoms with Gasteiger partial charge in [0.15, 0.2) is 0 Å². The maximum Gasteiger partial charge on any atom is 0.340 e. The minimum atomic E-state index is -0.543. The van der Waals surface area contributed by atoms with Gasteiger partial charge < -0.3 is 19.1 Å². The molecule has 1 aromatic carbocycles. The highest BCUT2D eigenvalue weighted by atomic mass is 16.5. The summed E-state index contributed by atoms with van der Waals surface area (Å²) in [6, 6.07) is 5.23. The third kappa shape index (κ3) is 2.92. The Balaban J connectivity index is 2.57. The number of carbonyl (C=O) groups excluding carboxylic acids is 2. The minimum Gasteiger partial charge on any atom is -0.497 e. The Morgan fingerprint density at radius 2 is 1.87 bits per heavy atom. The van der Waals surface area contributed by atoms with Crippen molar-refractivity contribution in [3.63, 3.8) is 0 Å². The molecule has 0 atom stereocenters. The van der Waals surface area contributed by atoms with Crippen molar-refractivity contribution < 1.29 is 23.8 Å². The number of rotatable bonds is 4. The largest absolute Gasteiger partial charge is 0.497 e. The summed E-state index contributed by atoms with van der Waals surface area (Å²) in [5.74, 6) is 0.375. The summed E-state index contributed by atoms with van der Waals surface area (Å²) in [7, 11) is 6.00. The lowest BCUT2D eigenvalue weighted by molar-refractivity contribution is -0.136. The molecule has 0 unspecified atom stereocenters. The van der Waals surface area contributed by atoms with E-state index in [1.165, 1.54) is 19.1 Å². The second kappa shape index (κ2) is 6.56. The zero-order valence-corrected chi connectivity index (χ0v) is 13.8. The Kier molecular flexibility index (Phi) is 4.74. The fourth-order valence-corrected chi connectivity index (χ4v) is 2.39. The van der Waals surface area contributed by atoms with Crippen molar-refractivity contribution in [2.75, 3.05) is 28.4 Å². The van der Waals surface area contributed by atoms with E-state index in [0.717, 1.165) is 0 Å². The molecule has 0 aromatic heterocycles. The zero-order valence-electron chi connectivity index (χ0n) is 13.8. The van der Waals surface area contributed by atoms with Crippen molar-refractivity contribution >= 4 is 18.0 Å². The Labute approximate surface area is 134 Å². The molecule has 6 heteroatoms. The Bertz CT molecular complexity index is 718. The van der Waals surface area contributed by atoms with Gasteiger partial charge in [-0.15, -0.1) is 0 Å². The quantitative estimate of drug-likeness (QED) is 0.628. The van der Waals surface area contributed by atoms with Crippen LogP contribution in [0.1, 0.15) is 12.5 Å². The van der Waals surface area contributed by atoms with Crippen LogP contribution in [-0.2, 0) is 14.3 Å². The second-order valence-corrected chi connectivity index (χ2v) is 4.98. The second-order valence-electron chi connectivity index (χ2n) is 4.98. The third-order valence-electron chi connectivity index (χ3n) is 3.80. The van der Waals surface area contributed by atoms with Gasteiger partial charge in [0, 0.05) is 24.4 Å². The van der Waals surface area contributed by atoms with Crippen LogP contribution in [0.5, 0.6) is 11.5 Å². The highest BCUT2D eigenvalue weighted by Gasteiger charge is 2.35. The smallest absolute Gasteiger partial charge is 0.340 e. The first-order valence-corrected chi connectivity index (χ1v) is 6.96. The fourth-order valence-electron chi connectivity index (χ4n) is 2.39. The summed E-state index contributed by atoms with van der Waals surface area (Å²) in [4.78, 5) is 25.9. The molecule has 0 saturated carbocycles. The van der Waals surface area contributed by atoms with E-state index < -0.39 is 5.97 Å². The van der Waals surface area contributed by atoms with Gasteiger partial charge in [-0.05, 0) is 25.1 Å². The molecule has 23 heavy (non-hydrogen) atoms. The average molecular weight is 317 g/mol. The summed E-state index contributed by atoms with van der Waals surface area (Å²) in [6.45, 7) is 1.70. The van der Waals surface area contributed by atoms with Crippen LogP contribution >= 0.6 is 0 Å². The fraction of sp³-hybridized carbons (Fsp3) is 0.294. The number of likely N-dealkylation sites (N-methyl/N-ethyl adjacent to an activating group) is 1. The van der Waals surface area contributed by atoms with E-state index in [4.69, 9.17) is 14.2 Å². The van der Waals surface area contributed by atoms with Gasteiger partial charge in [-0.1, -0.05) is 0 Å². The number of allylic oxidation sites excluding steroid dienone is 1. The highest BCUT2D eigenvalue weighted by molar-refractivity contribution is 6.16. The van der Waals surface area contributed by atoms with E-state index in [2.05, 4.69) is 0 Å². The van der Waals surface area contributed by atoms with Crippen molar-refractivity contribution in [2.24, 2.45) is 0 Å². The summed E-state index contributed by atoms with van der Waals surface area (Å²) in [6.07, 6.45) is 1.62.